The van der Waals surface area contributed by atoms with Crippen molar-refractivity contribution >= 4 is 18.0 Å². The van der Waals surface area contributed by atoms with Crippen LogP contribution in [0.5, 0.6) is 0 Å². The van der Waals surface area contributed by atoms with Crippen LogP contribution in [-0.4, -0.2) is 30.1 Å². The van der Waals surface area contributed by atoms with Crippen LogP contribution in [0.4, 0.5) is 4.39 Å². The maximum atomic E-state index is 13.5. The zero-order valence-corrected chi connectivity index (χ0v) is 18.7. The third-order valence-corrected chi connectivity index (χ3v) is 7.28. The smallest absolute Gasteiger partial charge is 0.324 e. The largest absolute Gasteiger partial charge is 0.468 e. The number of rotatable bonds is 4. The summed E-state index contributed by atoms with van der Waals surface area (Å²) in [5.41, 5.74) is 1.08. The average molecular weight is 438 g/mol. The lowest BCUT2D eigenvalue weighted by atomic mass is 9.55. The number of nitrogens with zero attached hydrogens (tertiary/aromatic N) is 1. The van der Waals surface area contributed by atoms with Crippen LogP contribution in [0.3, 0.4) is 0 Å². The number of carbonyl (C=O) groups is 2. The van der Waals surface area contributed by atoms with Crippen molar-refractivity contribution in [3.63, 3.8) is 0 Å². The van der Waals surface area contributed by atoms with Gasteiger partial charge in [0.15, 0.2) is 5.41 Å². The number of allylic oxidation sites excluding steroid dienone is 1. The van der Waals surface area contributed by atoms with Crippen molar-refractivity contribution in [3.05, 3.63) is 60.2 Å². The first-order valence-electron chi connectivity index (χ1n) is 11.0. The summed E-state index contributed by atoms with van der Waals surface area (Å²) in [6, 6.07) is 10.2. The maximum absolute atomic E-state index is 13.5. The SMILES string of the molecule is COC(=O)[C@@]12C[C@H](C)[C@@H](C)[C@H](/C=C/c3ccc(-c4cccc(F)c4)cn3)[C@@H]1[C@@H](C)OC2=O. The number of methoxy groups -OCH3 is 1. The molecule has 5 nitrogen and oxygen atoms in total. The molecular formula is C26H28FNO4. The van der Waals surface area contributed by atoms with E-state index in [2.05, 4.69) is 18.8 Å². The number of pyridine rings is 1. The van der Waals surface area contributed by atoms with Crippen LogP contribution in [0.2, 0.25) is 0 Å². The Balaban J connectivity index is 1.63. The summed E-state index contributed by atoms with van der Waals surface area (Å²) in [5, 5.41) is 0. The molecule has 1 aliphatic heterocycles. The number of aromatic nitrogens is 1. The van der Waals surface area contributed by atoms with E-state index in [1.54, 1.807) is 12.3 Å². The zero-order valence-electron chi connectivity index (χ0n) is 18.7. The van der Waals surface area contributed by atoms with E-state index in [1.165, 1.54) is 19.2 Å². The molecule has 2 aromatic rings. The molecule has 4 rings (SSSR count). The van der Waals surface area contributed by atoms with Gasteiger partial charge in [-0.15, -0.1) is 0 Å². The Kier molecular flexibility index (Phi) is 5.89. The lowest BCUT2D eigenvalue weighted by Crippen LogP contribution is -2.52. The number of ether oxygens (including phenoxy) is 2. The van der Waals surface area contributed by atoms with Gasteiger partial charge in [0, 0.05) is 17.7 Å². The highest BCUT2D eigenvalue weighted by Gasteiger charge is 2.67. The zero-order chi connectivity index (χ0) is 23.0. The summed E-state index contributed by atoms with van der Waals surface area (Å²) in [4.78, 5) is 30.1. The normalized spacial score (nSPS) is 31.9. The van der Waals surface area contributed by atoms with E-state index >= 15 is 0 Å². The van der Waals surface area contributed by atoms with Gasteiger partial charge in [-0.3, -0.25) is 14.6 Å². The Morgan fingerprint density at radius 2 is 2.00 bits per heavy atom. The molecule has 1 aromatic heterocycles. The monoisotopic (exact) mass is 437 g/mol. The Morgan fingerprint density at radius 3 is 2.66 bits per heavy atom. The number of benzene rings is 1. The first-order chi connectivity index (χ1) is 15.3. The van der Waals surface area contributed by atoms with E-state index in [-0.39, 0.29) is 35.6 Å². The van der Waals surface area contributed by atoms with Crippen molar-refractivity contribution in [1.29, 1.82) is 0 Å². The molecule has 1 saturated carbocycles. The second-order valence-corrected chi connectivity index (χ2v) is 9.06. The molecular weight excluding hydrogens is 409 g/mol. The van der Waals surface area contributed by atoms with E-state index in [9.17, 15) is 14.0 Å². The average Bonchev–Trinajstić information content (AvgIpc) is 3.04. The van der Waals surface area contributed by atoms with Gasteiger partial charge in [0.05, 0.1) is 12.8 Å². The van der Waals surface area contributed by atoms with Crippen molar-refractivity contribution in [2.24, 2.45) is 29.1 Å². The molecule has 0 spiro atoms. The maximum Gasteiger partial charge on any atom is 0.324 e. The third kappa shape index (κ3) is 3.61. The van der Waals surface area contributed by atoms with Crippen molar-refractivity contribution in [2.45, 2.75) is 33.3 Å². The number of carbonyl (C=O) groups excluding carboxylic acids is 2. The van der Waals surface area contributed by atoms with Crippen molar-refractivity contribution in [2.75, 3.05) is 7.11 Å². The van der Waals surface area contributed by atoms with E-state index in [0.717, 1.165) is 16.8 Å². The van der Waals surface area contributed by atoms with Crippen LogP contribution in [0.1, 0.15) is 32.9 Å². The molecule has 0 radical (unpaired) electrons. The van der Waals surface area contributed by atoms with Crippen molar-refractivity contribution < 1.29 is 23.5 Å². The minimum Gasteiger partial charge on any atom is -0.468 e. The van der Waals surface area contributed by atoms with Gasteiger partial charge in [-0.25, -0.2) is 4.39 Å². The van der Waals surface area contributed by atoms with Crippen molar-refractivity contribution in [3.8, 4) is 11.1 Å². The number of fused-ring (bicyclic) bond motifs is 1. The lowest BCUT2D eigenvalue weighted by molar-refractivity contribution is -0.169. The van der Waals surface area contributed by atoms with Crippen molar-refractivity contribution in [1.82, 2.24) is 4.98 Å². The Morgan fingerprint density at radius 1 is 1.22 bits per heavy atom. The molecule has 0 unspecified atom stereocenters. The molecule has 1 saturated heterocycles. The Labute approximate surface area is 187 Å². The molecule has 6 atom stereocenters. The molecule has 2 heterocycles. The summed E-state index contributed by atoms with van der Waals surface area (Å²) in [6.45, 7) is 6.06. The summed E-state index contributed by atoms with van der Waals surface area (Å²) in [6.07, 6.45) is 5.73. The molecule has 32 heavy (non-hydrogen) atoms. The fraction of sp³-hybridized carbons (Fsp3) is 0.423. The number of esters is 2. The van der Waals surface area contributed by atoms with Gasteiger partial charge in [-0.2, -0.15) is 0 Å². The number of hydrogen-bond donors (Lipinski definition) is 0. The molecule has 2 fully saturated rings. The standard InChI is InChI=1S/C26H28FNO4/c1-15-13-26(24(29)31-4)23(17(3)32-25(26)30)22(16(15)2)11-10-21-9-8-19(14-28-21)18-6-5-7-20(27)12-18/h5-12,14-17,22-23H,13H2,1-4H3/b11-10+/t15-,16+,17+,22-,23-,26+/m0/s1. The molecule has 2 aliphatic rings. The van der Waals surface area contributed by atoms with Gasteiger partial charge >= 0.3 is 11.9 Å². The van der Waals surface area contributed by atoms with Crippen LogP contribution in [0, 0.1) is 34.9 Å². The number of hydrogen-bond acceptors (Lipinski definition) is 5. The van der Waals surface area contributed by atoms with Gasteiger partial charge < -0.3 is 9.47 Å². The van der Waals surface area contributed by atoms with Crippen LogP contribution in [-0.2, 0) is 19.1 Å². The molecule has 1 aromatic carbocycles. The summed E-state index contributed by atoms with van der Waals surface area (Å²) >= 11 is 0. The summed E-state index contributed by atoms with van der Waals surface area (Å²) in [7, 11) is 1.32. The van der Waals surface area contributed by atoms with Gasteiger partial charge in [0.25, 0.3) is 0 Å². The molecule has 1 aliphatic carbocycles. The highest BCUT2D eigenvalue weighted by Crippen LogP contribution is 2.56. The molecule has 0 amide bonds. The number of halogens is 1. The highest BCUT2D eigenvalue weighted by atomic mass is 19.1. The molecule has 6 heteroatoms. The fourth-order valence-electron chi connectivity index (χ4n) is 5.48. The van der Waals surface area contributed by atoms with Gasteiger partial charge in [0.1, 0.15) is 11.9 Å². The molecule has 168 valence electrons. The molecule has 0 N–H and O–H groups in total. The second kappa shape index (κ2) is 8.49. The Bertz CT molecular complexity index is 1040. The molecule has 0 bridgehead atoms. The second-order valence-electron chi connectivity index (χ2n) is 9.06. The highest BCUT2D eigenvalue weighted by molar-refractivity contribution is 6.02. The number of cyclic esters (lactones) is 1. The summed E-state index contributed by atoms with van der Waals surface area (Å²) in [5.74, 6) is -1.23. The quantitative estimate of drug-likeness (QED) is 0.502. The predicted molar refractivity (Wildman–Crippen MR) is 119 cm³/mol. The van der Waals surface area contributed by atoms with Gasteiger partial charge in [-0.05, 0) is 60.9 Å². The fourth-order valence-corrected chi connectivity index (χ4v) is 5.48. The van der Waals surface area contributed by atoms with E-state index in [0.29, 0.717) is 6.42 Å². The van der Waals surface area contributed by atoms with Crippen LogP contribution >= 0.6 is 0 Å². The topological polar surface area (TPSA) is 65.5 Å². The van der Waals surface area contributed by atoms with E-state index in [4.69, 9.17) is 9.47 Å². The first-order valence-corrected chi connectivity index (χ1v) is 11.0. The summed E-state index contributed by atoms with van der Waals surface area (Å²) < 4.78 is 24.1. The van der Waals surface area contributed by atoms with E-state index in [1.807, 2.05) is 37.3 Å². The minimum absolute atomic E-state index is 0.0519. The first kappa shape index (κ1) is 22.2. The third-order valence-electron chi connectivity index (χ3n) is 7.28. The van der Waals surface area contributed by atoms with Gasteiger partial charge in [-0.1, -0.05) is 38.1 Å². The van der Waals surface area contributed by atoms with Crippen LogP contribution in [0.15, 0.2) is 48.7 Å². The predicted octanol–water partition coefficient (Wildman–Crippen LogP) is 4.91. The van der Waals surface area contributed by atoms with Gasteiger partial charge in [0.2, 0.25) is 0 Å². The van der Waals surface area contributed by atoms with Crippen LogP contribution < -0.4 is 0 Å². The lowest BCUT2D eigenvalue weighted by Gasteiger charge is -2.45. The Hall–Kier alpha value is -3.02. The minimum atomic E-state index is -1.26. The van der Waals surface area contributed by atoms with E-state index < -0.39 is 17.4 Å². The van der Waals surface area contributed by atoms with Crippen LogP contribution in [0.25, 0.3) is 17.2 Å².